The summed E-state index contributed by atoms with van der Waals surface area (Å²) < 4.78 is 10.5. The Bertz CT molecular complexity index is 541. The number of methoxy groups -OCH3 is 2. The SMILES string of the molecule is COc1ccc(Cc2ccnc(N)c2)c(OC)c1. The lowest BCUT2D eigenvalue weighted by Gasteiger charge is -2.10. The van der Waals surface area contributed by atoms with Gasteiger partial charge in [0.1, 0.15) is 17.3 Å². The predicted octanol–water partition coefficient (Wildman–Crippen LogP) is 2.27. The van der Waals surface area contributed by atoms with Crippen LogP contribution in [-0.4, -0.2) is 19.2 Å². The van der Waals surface area contributed by atoms with Crippen LogP contribution in [0, 0.1) is 0 Å². The highest BCUT2D eigenvalue weighted by atomic mass is 16.5. The molecule has 1 aromatic carbocycles. The predicted molar refractivity (Wildman–Crippen MR) is 71.0 cm³/mol. The molecule has 2 N–H and O–H groups in total. The van der Waals surface area contributed by atoms with Crippen molar-refractivity contribution in [2.75, 3.05) is 20.0 Å². The number of aromatic nitrogens is 1. The molecule has 0 saturated heterocycles. The monoisotopic (exact) mass is 244 g/mol. The molecule has 0 saturated carbocycles. The van der Waals surface area contributed by atoms with Crippen LogP contribution in [0.2, 0.25) is 0 Å². The van der Waals surface area contributed by atoms with Gasteiger partial charge in [-0.3, -0.25) is 0 Å². The summed E-state index contributed by atoms with van der Waals surface area (Å²) in [5.41, 5.74) is 7.86. The first-order valence-electron chi connectivity index (χ1n) is 5.64. The second kappa shape index (κ2) is 5.40. The Morgan fingerprint density at radius 2 is 1.94 bits per heavy atom. The summed E-state index contributed by atoms with van der Waals surface area (Å²) in [7, 11) is 3.29. The molecule has 1 aromatic heterocycles. The van der Waals surface area contributed by atoms with Crippen LogP contribution < -0.4 is 15.2 Å². The quantitative estimate of drug-likeness (QED) is 0.896. The van der Waals surface area contributed by atoms with Crippen molar-refractivity contribution in [3.8, 4) is 11.5 Å². The molecule has 0 aliphatic heterocycles. The first kappa shape index (κ1) is 12.2. The van der Waals surface area contributed by atoms with Crippen LogP contribution in [-0.2, 0) is 6.42 Å². The molecule has 0 aliphatic rings. The van der Waals surface area contributed by atoms with E-state index < -0.39 is 0 Å². The van der Waals surface area contributed by atoms with Crippen molar-refractivity contribution in [2.45, 2.75) is 6.42 Å². The lowest BCUT2D eigenvalue weighted by molar-refractivity contribution is 0.391. The summed E-state index contributed by atoms with van der Waals surface area (Å²) >= 11 is 0. The maximum atomic E-state index is 5.67. The maximum Gasteiger partial charge on any atom is 0.126 e. The summed E-state index contributed by atoms with van der Waals surface area (Å²) in [5, 5.41) is 0. The zero-order chi connectivity index (χ0) is 13.0. The van der Waals surface area contributed by atoms with Crippen molar-refractivity contribution in [1.82, 2.24) is 4.98 Å². The summed E-state index contributed by atoms with van der Waals surface area (Å²) in [5.74, 6) is 2.12. The van der Waals surface area contributed by atoms with E-state index in [4.69, 9.17) is 15.2 Å². The zero-order valence-electron chi connectivity index (χ0n) is 10.5. The van der Waals surface area contributed by atoms with E-state index in [1.54, 1.807) is 20.4 Å². The van der Waals surface area contributed by atoms with Crippen LogP contribution in [0.15, 0.2) is 36.5 Å². The first-order valence-corrected chi connectivity index (χ1v) is 5.64. The van der Waals surface area contributed by atoms with E-state index in [0.717, 1.165) is 29.0 Å². The van der Waals surface area contributed by atoms with Crippen molar-refractivity contribution in [2.24, 2.45) is 0 Å². The Balaban J connectivity index is 2.28. The third-order valence-corrected chi connectivity index (χ3v) is 2.73. The summed E-state index contributed by atoms with van der Waals surface area (Å²) in [4.78, 5) is 3.98. The van der Waals surface area contributed by atoms with Gasteiger partial charge in [-0.1, -0.05) is 6.07 Å². The number of hydrogen-bond acceptors (Lipinski definition) is 4. The molecule has 4 nitrogen and oxygen atoms in total. The van der Waals surface area contributed by atoms with Crippen LogP contribution in [0.1, 0.15) is 11.1 Å². The zero-order valence-corrected chi connectivity index (χ0v) is 10.5. The molecule has 2 rings (SSSR count). The Morgan fingerprint density at radius 1 is 1.11 bits per heavy atom. The average Bonchev–Trinajstić information content (AvgIpc) is 2.39. The molecule has 94 valence electrons. The fourth-order valence-corrected chi connectivity index (χ4v) is 1.82. The van der Waals surface area contributed by atoms with E-state index in [-0.39, 0.29) is 0 Å². The van der Waals surface area contributed by atoms with Gasteiger partial charge in [0.25, 0.3) is 0 Å². The van der Waals surface area contributed by atoms with Gasteiger partial charge in [0.2, 0.25) is 0 Å². The summed E-state index contributed by atoms with van der Waals surface area (Å²) in [6.07, 6.45) is 2.46. The Labute approximate surface area is 106 Å². The van der Waals surface area contributed by atoms with Crippen LogP contribution in [0.3, 0.4) is 0 Å². The number of nitrogens with zero attached hydrogens (tertiary/aromatic N) is 1. The van der Waals surface area contributed by atoms with Crippen molar-refractivity contribution in [3.63, 3.8) is 0 Å². The number of rotatable bonds is 4. The molecule has 0 bridgehead atoms. The van der Waals surface area contributed by atoms with Crippen molar-refractivity contribution in [1.29, 1.82) is 0 Å². The van der Waals surface area contributed by atoms with Crippen LogP contribution in [0.25, 0.3) is 0 Å². The van der Waals surface area contributed by atoms with Gasteiger partial charge in [0, 0.05) is 18.7 Å². The smallest absolute Gasteiger partial charge is 0.126 e. The van der Waals surface area contributed by atoms with E-state index in [9.17, 15) is 0 Å². The van der Waals surface area contributed by atoms with Crippen LogP contribution in [0.4, 0.5) is 5.82 Å². The lowest BCUT2D eigenvalue weighted by Crippen LogP contribution is -1.97. The van der Waals surface area contributed by atoms with E-state index in [2.05, 4.69) is 4.98 Å². The van der Waals surface area contributed by atoms with E-state index in [1.807, 2.05) is 30.3 Å². The van der Waals surface area contributed by atoms with Gasteiger partial charge >= 0.3 is 0 Å². The average molecular weight is 244 g/mol. The molecule has 0 unspecified atom stereocenters. The van der Waals surface area contributed by atoms with Crippen LogP contribution >= 0.6 is 0 Å². The molecule has 0 amide bonds. The minimum absolute atomic E-state index is 0.528. The van der Waals surface area contributed by atoms with Gasteiger partial charge in [-0.15, -0.1) is 0 Å². The molecule has 2 aromatic rings. The van der Waals surface area contributed by atoms with E-state index >= 15 is 0 Å². The molecular weight excluding hydrogens is 228 g/mol. The number of nitrogen functional groups attached to an aromatic ring is 1. The van der Waals surface area contributed by atoms with Gasteiger partial charge in [0.05, 0.1) is 14.2 Å². The highest BCUT2D eigenvalue weighted by Crippen LogP contribution is 2.26. The van der Waals surface area contributed by atoms with Crippen molar-refractivity contribution >= 4 is 5.82 Å². The number of ether oxygens (including phenoxy) is 2. The highest BCUT2D eigenvalue weighted by molar-refractivity contribution is 5.44. The fourth-order valence-electron chi connectivity index (χ4n) is 1.82. The number of pyridine rings is 1. The molecule has 4 heteroatoms. The van der Waals surface area contributed by atoms with Gasteiger partial charge < -0.3 is 15.2 Å². The molecule has 18 heavy (non-hydrogen) atoms. The highest BCUT2D eigenvalue weighted by Gasteiger charge is 2.06. The number of hydrogen-bond donors (Lipinski definition) is 1. The van der Waals surface area contributed by atoms with E-state index in [1.165, 1.54) is 0 Å². The molecular formula is C14H16N2O2. The topological polar surface area (TPSA) is 57.4 Å². The van der Waals surface area contributed by atoms with Gasteiger partial charge in [0.15, 0.2) is 0 Å². The molecule has 0 spiro atoms. The maximum absolute atomic E-state index is 5.67. The standard InChI is InChI=1S/C14H16N2O2/c1-17-12-4-3-11(13(9-12)18-2)7-10-5-6-16-14(15)8-10/h3-6,8-9H,7H2,1-2H3,(H2,15,16). The van der Waals surface area contributed by atoms with Crippen molar-refractivity contribution in [3.05, 3.63) is 47.7 Å². The second-order valence-electron chi connectivity index (χ2n) is 3.94. The third-order valence-electron chi connectivity index (χ3n) is 2.73. The molecule has 0 aliphatic carbocycles. The Kier molecular flexibility index (Phi) is 3.67. The molecule has 1 heterocycles. The molecule has 0 radical (unpaired) electrons. The summed E-state index contributed by atoms with van der Waals surface area (Å²) in [6, 6.07) is 9.60. The first-order chi connectivity index (χ1) is 8.72. The lowest BCUT2D eigenvalue weighted by atomic mass is 10.0. The third kappa shape index (κ3) is 2.71. The second-order valence-corrected chi connectivity index (χ2v) is 3.94. The van der Waals surface area contributed by atoms with Gasteiger partial charge in [-0.05, 0) is 29.3 Å². The van der Waals surface area contributed by atoms with E-state index in [0.29, 0.717) is 5.82 Å². The molecule has 0 fully saturated rings. The number of benzene rings is 1. The number of nitrogens with two attached hydrogens (primary N) is 1. The van der Waals surface area contributed by atoms with Crippen LogP contribution in [0.5, 0.6) is 11.5 Å². The number of anilines is 1. The Hall–Kier alpha value is -2.23. The van der Waals surface area contributed by atoms with Gasteiger partial charge in [-0.2, -0.15) is 0 Å². The normalized spacial score (nSPS) is 10.1. The largest absolute Gasteiger partial charge is 0.497 e. The van der Waals surface area contributed by atoms with Gasteiger partial charge in [-0.25, -0.2) is 4.98 Å². The minimum Gasteiger partial charge on any atom is -0.497 e. The fraction of sp³-hybridized carbons (Fsp3) is 0.214. The summed E-state index contributed by atoms with van der Waals surface area (Å²) in [6.45, 7) is 0. The minimum atomic E-state index is 0.528. The Morgan fingerprint density at radius 3 is 2.61 bits per heavy atom. The molecule has 0 atom stereocenters. The van der Waals surface area contributed by atoms with Crippen molar-refractivity contribution < 1.29 is 9.47 Å².